The van der Waals surface area contributed by atoms with Crippen LogP contribution in [0.1, 0.15) is 12.6 Å². The molecule has 2 heterocycles. The molecule has 0 aliphatic carbocycles. The molecular formula is C14H14N2O2S. The van der Waals surface area contributed by atoms with Crippen LogP contribution in [-0.4, -0.2) is 10.9 Å². The van der Waals surface area contributed by atoms with Crippen molar-refractivity contribution in [3.8, 4) is 10.8 Å². The summed E-state index contributed by atoms with van der Waals surface area (Å²) >= 11 is 1.56. The number of rotatable bonds is 5. The van der Waals surface area contributed by atoms with E-state index < -0.39 is 0 Å². The lowest BCUT2D eigenvalue weighted by Gasteiger charge is -1.96. The zero-order chi connectivity index (χ0) is 13.5. The Hall–Kier alpha value is -2.14. The van der Waals surface area contributed by atoms with Gasteiger partial charge >= 0.3 is 0 Å². The summed E-state index contributed by atoms with van der Waals surface area (Å²) in [5, 5.41) is 4.70. The number of thiophene rings is 1. The van der Waals surface area contributed by atoms with Crippen molar-refractivity contribution >= 4 is 17.2 Å². The van der Waals surface area contributed by atoms with Crippen LogP contribution in [0.3, 0.4) is 0 Å². The lowest BCUT2D eigenvalue weighted by atomic mass is 10.4. The summed E-state index contributed by atoms with van der Waals surface area (Å²) in [4.78, 5) is 16.7. The average molecular weight is 274 g/mol. The van der Waals surface area contributed by atoms with Gasteiger partial charge in [-0.15, -0.1) is 11.3 Å². The van der Waals surface area contributed by atoms with Crippen LogP contribution < -0.4 is 5.32 Å². The van der Waals surface area contributed by atoms with Crippen LogP contribution in [0.25, 0.3) is 10.8 Å². The first-order valence-corrected chi connectivity index (χ1v) is 6.73. The van der Waals surface area contributed by atoms with Gasteiger partial charge in [0.2, 0.25) is 11.8 Å². The Morgan fingerprint density at radius 1 is 1.53 bits per heavy atom. The second kappa shape index (κ2) is 6.70. The van der Waals surface area contributed by atoms with Crippen molar-refractivity contribution in [2.45, 2.75) is 13.5 Å². The van der Waals surface area contributed by atoms with Gasteiger partial charge in [0.1, 0.15) is 6.26 Å². The lowest BCUT2D eigenvalue weighted by molar-refractivity contribution is -0.116. The molecule has 0 aliphatic rings. The van der Waals surface area contributed by atoms with Gasteiger partial charge in [0.25, 0.3) is 0 Å². The van der Waals surface area contributed by atoms with Crippen LogP contribution in [0.5, 0.6) is 0 Å². The molecule has 0 atom stereocenters. The monoisotopic (exact) mass is 274 g/mol. The van der Waals surface area contributed by atoms with E-state index in [-0.39, 0.29) is 5.91 Å². The number of nitrogens with zero attached hydrogens (tertiary/aromatic N) is 1. The SMILES string of the molecule is CC=CC=CC(=O)NCc1coc(-c2cccs2)n1. The number of allylic oxidation sites excluding steroid dienone is 3. The Kier molecular flexibility index (Phi) is 4.69. The lowest BCUT2D eigenvalue weighted by Crippen LogP contribution is -2.20. The highest BCUT2D eigenvalue weighted by atomic mass is 32.1. The summed E-state index contributed by atoms with van der Waals surface area (Å²) in [6.45, 7) is 2.25. The van der Waals surface area contributed by atoms with Crippen LogP contribution >= 0.6 is 11.3 Å². The Bertz CT molecular complexity index is 582. The predicted octanol–water partition coefficient (Wildman–Crippen LogP) is 3.15. The second-order valence-electron chi connectivity index (χ2n) is 3.72. The van der Waals surface area contributed by atoms with Crippen LogP contribution in [0.4, 0.5) is 0 Å². The topological polar surface area (TPSA) is 55.1 Å². The number of amides is 1. The van der Waals surface area contributed by atoms with Gasteiger partial charge in [0, 0.05) is 6.08 Å². The maximum absolute atomic E-state index is 11.4. The summed E-state index contributed by atoms with van der Waals surface area (Å²) in [5.74, 6) is 0.433. The number of hydrogen-bond donors (Lipinski definition) is 1. The minimum Gasteiger partial charge on any atom is -0.443 e. The van der Waals surface area contributed by atoms with Crippen molar-refractivity contribution in [3.63, 3.8) is 0 Å². The number of carbonyl (C=O) groups is 1. The summed E-state index contributed by atoms with van der Waals surface area (Å²) in [6, 6.07) is 3.89. The molecule has 0 bridgehead atoms. The molecule has 2 aromatic rings. The quantitative estimate of drug-likeness (QED) is 0.673. The first-order chi connectivity index (χ1) is 9.29. The standard InChI is InChI=1S/C14H14N2O2S/c1-2-3-4-7-13(17)15-9-11-10-18-14(16-11)12-6-5-8-19-12/h2-8,10H,9H2,1H3,(H,15,17). The highest BCUT2D eigenvalue weighted by Gasteiger charge is 2.07. The van der Waals surface area contributed by atoms with E-state index in [2.05, 4.69) is 10.3 Å². The fourth-order valence-corrected chi connectivity index (χ4v) is 2.05. The first-order valence-electron chi connectivity index (χ1n) is 5.85. The van der Waals surface area contributed by atoms with Crippen molar-refractivity contribution in [2.75, 3.05) is 0 Å². The van der Waals surface area contributed by atoms with Gasteiger partial charge < -0.3 is 9.73 Å². The molecule has 0 spiro atoms. The van der Waals surface area contributed by atoms with Crippen LogP contribution in [0.2, 0.25) is 0 Å². The Morgan fingerprint density at radius 2 is 2.42 bits per heavy atom. The second-order valence-corrected chi connectivity index (χ2v) is 4.67. The molecule has 0 unspecified atom stereocenters. The fraction of sp³-hybridized carbons (Fsp3) is 0.143. The maximum atomic E-state index is 11.4. The Morgan fingerprint density at radius 3 is 3.16 bits per heavy atom. The molecule has 0 saturated heterocycles. The molecule has 2 aromatic heterocycles. The number of carbonyl (C=O) groups excluding carboxylic acids is 1. The van der Waals surface area contributed by atoms with Crippen molar-refractivity contribution in [2.24, 2.45) is 0 Å². The molecule has 19 heavy (non-hydrogen) atoms. The molecule has 0 saturated carbocycles. The normalized spacial score (nSPS) is 11.4. The van der Waals surface area contributed by atoms with E-state index in [0.29, 0.717) is 18.1 Å². The zero-order valence-corrected chi connectivity index (χ0v) is 11.3. The summed E-state index contributed by atoms with van der Waals surface area (Å²) in [6.07, 6.45) is 8.37. The highest BCUT2D eigenvalue weighted by molar-refractivity contribution is 7.13. The minimum absolute atomic E-state index is 0.154. The van der Waals surface area contributed by atoms with Crippen molar-refractivity contribution in [3.05, 3.63) is 53.8 Å². The highest BCUT2D eigenvalue weighted by Crippen LogP contribution is 2.23. The Balaban J connectivity index is 1.89. The van der Waals surface area contributed by atoms with Gasteiger partial charge in [-0.3, -0.25) is 4.79 Å². The van der Waals surface area contributed by atoms with E-state index in [1.54, 1.807) is 29.8 Å². The van der Waals surface area contributed by atoms with Gasteiger partial charge in [-0.05, 0) is 18.4 Å². The van der Waals surface area contributed by atoms with E-state index in [4.69, 9.17) is 4.42 Å². The van der Waals surface area contributed by atoms with Crippen molar-refractivity contribution in [1.29, 1.82) is 0 Å². The average Bonchev–Trinajstić information content (AvgIpc) is 3.07. The molecule has 4 nitrogen and oxygen atoms in total. The van der Waals surface area contributed by atoms with E-state index >= 15 is 0 Å². The fourth-order valence-electron chi connectivity index (χ4n) is 1.39. The molecule has 1 N–H and O–H groups in total. The van der Waals surface area contributed by atoms with Crippen LogP contribution in [0, 0.1) is 0 Å². The molecule has 0 aromatic carbocycles. The third-order valence-electron chi connectivity index (χ3n) is 2.28. The van der Waals surface area contributed by atoms with Gasteiger partial charge in [0.05, 0.1) is 17.1 Å². The van der Waals surface area contributed by atoms with Gasteiger partial charge in [-0.2, -0.15) is 0 Å². The van der Waals surface area contributed by atoms with E-state index in [0.717, 1.165) is 4.88 Å². The number of hydrogen-bond acceptors (Lipinski definition) is 4. The summed E-state index contributed by atoms with van der Waals surface area (Å²) < 4.78 is 5.36. The smallest absolute Gasteiger partial charge is 0.244 e. The molecule has 1 amide bonds. The Labute approximate surface area is 115 Å². The van der Waals surface area contributed by atoms with Crippen LogP contribution in [-0.2, 0) is 11.3 Å². The van der Waals surface area contributed by atoms with Gasteiger partial charge in [-0.25, -0.2) is 4.98 Å². The van der Waals surface area contributed by atoms with Gasteiger partial charge in [-0.1, -0.05) is 24.3 Å². The van der Waals surface area contributed by atoms with E-state index in [1.165, 1.54) is 6.08 Å². The summed E-state index contributed by atoms with van der Waals surface area (Å²) in [7, 11) is 0. The zero-order valence-electron chi connectivity index (χ0n) is 10.5. The number of oxazole rings is 1. The molecule has 5 heteroatoms. The third kappa shape index (κ3) is 3.93. The van der Waals surface area contributed by atoms with Crippen molar-refractivity contribution < 1.29 is 9.21 Å². The van der Waals surface area contributed by atoms with E-state index in [9.17, 15) is 4.79 Å². The third-order valence-corrected chi connectivity index (χ3v) is 3.14. The number of aromatic nitrogens is 1. The minimum atomic E-state index is -0.154. The molecule has 0 fully saturated rings. The van der Waals surface area contributed by atoms with Crippen molar-refractivity contribution in [1.82, 2.24) is 10.3 Å². The predicted molar refractivity (Wildman–Crippen MR) is 75.6 cm³/mol. The van der Waals surface area contributed by atoms with E-state index in [1.807, 2.05) is 30.5 Å². The molecule has 98 valence electrons. The first kappa shape index (κ1) is 13.3. The number of nitrogens with one attached hydrogen (secondary N) is 1. The summed E-state index contributed by atoms with van der Waals surface area (Å²) in [5.41, 5.74) is 0.705. The molecule has 0 radical (unpaired) electrons. The maximum Gasteiger partial charge on any atom is 0.244 e. The largest absolute Gasteiger partial charge is 0.443 e. The molecule has 2 rings (SSSR count). The molecular weight excluding hydrogens is 260 g/mol. The molecule has 0 aliphatic heterocycles. The van der Waals surface area contributed by atoms with Gasteiger partial charge in [0.15, 0.2) is 0 Å². The van der Waals surface area contributed by atoms with Crippen LogP contribution in [0.15, 0.2) is 52.5 Å².